The van der Waals surface area contributed by atoms with Crippen molar-refractivity contribution in [2.75, 3.05) is 31.6 Å². The van der Waals surface area contributed by atoms with Crippen molar-refractivity contribution in [1.29, 1.82) is 0 Å². The molecule has 0 aliphatic carbocycles. The van der Waals surface area contributed by atoms with Crippen LogP contribution in [0.25, 0.3) is 0 Å². The number of anilines is 1. The van der Waals surface area contributed by atoms with Gasteiger partial charge in [-0.25, -0.2) is 4.39 Å². The van der Waals surface area contributed by atoms with Gasteiger partial charge in [-0.05, 0) is 49.1 Å². The first-order valence-electron chi connectivity index (χ1n) is 9.75. The fraction of sp³-hybridized carbons (Fsp3) is 0.409. The van der Waals surface area contributed by atoms with Gasteiger partial charge >= 0.3 is 0 Å². The van der Waals surface area contributed by atoms with Gasteiger partial charge in [-0.2, -0.15) is 0 Å². The monoisotopic (exact) mass is 386 g/mol. The van der Waals surface area contributed by atoms with Gasteiger partial charge in [0.1, 0.15) is 11.9 Å². The number of likely N-dealkylation sites (tertiary alicyclic amines) is 1. The summed E-state index contributed by atoms with van der Waals surface area (Å²) in [6, 6.07) is 15.1. The molecule has 1 atom stereocenters. The fourth-order valence-electron chi connectivity index (χ4n) is 3.52. The van der Waals surface area contributed by atoms with Crippen LogP contribution >= 0.6 is 0 Å². The van der Waals surface area contributed by atoms with E-state index in [1.54, 1.807) is 12.1 Å². The molecule has 1 amide bonds. The number of amides is 1. The first-order chi connectivity index (χ1) is 13.7. The Kier molecular flexibility index (Phi) is 7.54. The van der Waals surface area contributed by atoms with E-state index >= 15 is 0 Å². The Morgan fingerprint density at radius 1 is 1.14 bits per heavy atom. The zero-order valence-electron chi connectivity index (χ0n) is 15.9. The largest absolute Gasteiger partial charge is 0.396 e. The molecule has 0 saturated carbocycles. The molecule has 1 heterocycles. The van der Waals surface area contributed by atoms with Crippen LogP contribution in [0.15, 0.2) is 54.6 Å². The predicted molar refractivity (Wildman–Crippen MR) is 106 cm³/mol. The minimum absolute atomic E-state index is 0.127. The number of carbonyl (C=O) groups excluding carboxylic acids is 1. The summed E-state index contributed by atoms with van der Waals surface area (Å²) in [5, 5.41) is 11.8. The Morgan fingerprint density at radius 2 is 1.82 bits per heavy atom. The molecule has 5 nitrogen and oxygen atoms in total. The predicted octanol–water partition coefficient (Wildman–Crippen LogP) is 3.37. The molecule has 0 unspecified atom stereocenters. The van der Waals surface area contributed by atoms with Crippen molar-refractivity contribution in [1.82, 2.24) is 4.90 Å². The highest BCUT2D eigenvalue weighted by atomic mass is 19.1. The SMILES string of the molecule is O=C(Nc1ccc(F)cc1)[C@H](c1ccccc1)N1CCC(OCCCO)CC1. The van der Waals surface area contributed by atoms with Crippen LogP contribution in [0.2, 0.25) is 0 Å². The summed E-state index contributed by atoms with van der Waals surface area (Å²) in [4.78, 5) is 15.3. The second kappa shape index (κ2) is 10.3. The Hall–Kier alpha value is -2.28. The zero-order valence-corrected chi connectivity index (χ0v) is 15.9. The van der Waals surface area contributed by atoms with Crippen molar-refractivity contribution in [3.8, 4) is 0 Å². The van der Waals surface area contributed by atoms with Crippen LogP contribution in [-0.4, -0.2) is 48.3 Å². The Morgan fingerprint density at radius 3 is 2.46 bits per heavy atom. The summed E-state index contributed by atoms with van der Waals surface area (Å²) >= 11 is 0. The smallest absolute Gasteiger partial charge is 0.246 e. The van der Waals surface area contributed by atoms with Crippen LogP contribution in [0.5, 0.6) is 0 Å². The number of hydrogen-bond acceptors (Lipinski definition) is 4. The van der Waals surface area contributed by atoms with Gasteiger partial charge < -0.3 is 15.2 Å². The molecule has 28 heavy (non-hydrogen) atoms. The maximum Gasteiger partial charge on any atom is 0.246 e. The highest BCUT2D eigenvalue weighted by Crippen LogP contribution is 2.27. The topological polar surface area (TPSA) is 61.8 Å². The lowest BCUT2D eigenvalue weighted by Crippen LogP contribution is -2.43. The summed E-state index contributed by atoms with van der Waals surface area (Å²) in [5.74, 6) is -0.460. The average molecular weight is 386 g/mol. The van der Waals surface area contributed by atoms with E-state index in [2.05, 4.69) is 10.2 Å². The third kappa shape index (κ3) is 5.61. The van der Waals surface area contributed by atoms with Gasteiger partial charge in [-0.1, -0.05) is 30.3 Å². The molecule has 6 heteroatoms. The first-order valence-corrected chi connectivity index (χ1v) is 9.75. The van der Waals surface area contributed by atoms with E-state index < -0.39 is 6.04 Å². The van der Waals surface area contributed by atoms with Crippen LogP contribution in [0, 0.1) is 5.82 Å². The number of hydrogen-bond donors (Lipinski definition) is 2. The molecule has 0 radical (unpaired) electrons. The van der Waals surface area contributed by atoms with E-state index in [0.717, 1.165) is 31.5 Å². The highest BCUT2D eigenvalue weighted by molar-refractivity contribution is 5.95. The van der Waals surface area contributed by atoms with Crippen LogP contribution in [-0.2, 0) is 9.53 Å². The summed E-state index contributed by atoms with van der Waals surface area (Å²) < 4.78 is 18.9. The molecular weight excluding hydrogens is 359 g/mol. The molecule has 150 valence electrons. The van der Waals surface area contributed by atoms with Gasteiger partial charge in [0.25, 0.3) is 0 Å². The van der Waals surface area contributed by atoms with Gasteiger partial charge in [0.15, 0.2) is 0 Å². The minimum Gasteiger partial charge on any atom is -0.396 e. The molecule has 2 aromatic rings. The number of nitrogens with one attached hydrogen (secondary N) is 1. The molecule has 3 rings (SSSR count). The van der Waals surface area contributed by atoms with Crippen LogP contribution in [0.1, 0.15) is 30.9 Å². The summed E-state index contributed by atoms with van der Waals surface area (Å²) in [6.45, 7) is 2.20. The normalized spacial score (nSPS) is 16.6. The van der Waals surface area contributed by atoms with Crippen molar-refractivity contribution in [2.24, 2.45) is 0 Å². The minimum atomic E-state index is -0.412. The van der Waals surface area contributed by atoms with Gasteiger partial charge in [0.05, 0.1) is 6.10 Å². The van der Waals surface area contributed by atoms with Crippen molar-refractivity contribution in [3.63, 3.8) is 0 Å². The number of rotatable bonds is 8. The zero-order chi connectivity index (χ0) is 19.8. The third-order valence-electron chi connectivity index (χ3n) is 4.97. The van der Waals surface area contributed by atoms with Gasteiger partial charge in [-0.15, -0.1) is 0 Å². The van der Waals surface area contributed by atoms with Crippen molar-refractivity contribution < 1.29 is 19.0 Å². The lowest BCUT2D eigenvalue weighted by Gasteiger charge is -2.37. The molecule has 1 saturated heterocycles. The van der Waals surface area contributed by atoms with E-state index in [4.69, 9.17) is 9.84 Å². The number of carbonyl (C=O) groups is 1. The number of piperidine rings is 1. The van der Waals surface area contributed by atoms with E-state index in [0.29, 0.717) is 18.7 Å². The number of ether oxygens (including phenoxy) is 1. The molecule has 1 aliphatic rings. The third-order valence-corrected chi connectivity index (χ3v) is 4.97. The van der Waals surface area contributed by atoms with Gasteiger partial charge in [0.2, 0.25) is 5.91 Å². The molecule has 1 fully saturated rings. The van der Waals surface area contributed by atoms with Gasteiger partial charge in [0, 0.05) is 32.0 Å². The number of benzene rings is 2. The maximum absolute atomic E-state index is 13.1. The number of nitrogens with zero attached hydrogens (tertiary/aromatic N) is 1. The summed E-state index contributed by atoms with van der Waals surface area (Å²) in [6.07, 6.45) is 2.50. The molecule has 1 aliphatic heterocycles. The lowest BCUT2D eigenvalue weighted by atomic mass is 9.99. The summed E-state index contributed by atoms with van der Waals surface area (Å²) in [5.41, 5.74) is 1.51. The average Bonchev–Trinajstić information content (AvgIpc) is 2.72. The fourth-order valence-corrected chi connectivity index (χ4v) is 3.52. The van der Waals surface area contributed by atoms with Crippen molar-refractivity contribution in [2.45, 2.75) is 31.4 Å². The molecular formula is C22H27FN2O3. The van der Waals surface area contributed by atoms with Crippen molar-refractivity contribution >= 4 is 11.6 Å². The van der Waals surface area contributed by atoms with E-state index in [1.165, 1.54) is 12.1 Å². The van der Waals surface area contributed by atoms with E-state index in [1.807, 2.05) is 30.3 Å². The summed E-state index contributed by atoms with van der Waals surface area (Å²) in [7, 11) is 0. The Bertz CT molecular complexity index is 731. The maximum atomic E-state index is 13.1. The molecule has 2 aromatic carbocycles. The van der Waals surface area contributed by atoms with Crippen LogP contribution < -0.4 is 5.32 Å². The van der Waals surface area contributed by atoms with E-state index in [9.17, 15) is 9.18 Å². The number of halogens is 1. The Balaban J connectivity index is 1.68. The standard InChI is InChI=1S/C22H27FN2O3/c23-18-7-9-19(10-8-18)24-22(27)21(17-5-2-1-3-6-17)25-13-11-20(12-14-25)28-16-4-15-26/h1-3,5-10,20-21,26H,4,11-16H2,(H,24,27)/t21-/m0/s1. The van der Waals surface area contributed by atoms with Crippen molar-refractivity contribution in [3.05, 3.63) is 66.0 Å². The van der Waals surface area contributed by atoms with Gasteiger partial charge in [-0.3, -0.25) is 9.69 Å². The molecule has 0 aromatic heterocycles. The Labute approximate surface area is 165 Å². The highest BCUT2D eigenvalue weighted by Gasteiger charge is 2.31. The molecule has 0 spiro atoms. The van der Waals surface area contributed by atoms with Crippen LogP contribution in [0.3, 0.4) is 0 Å². The first kappa shape index (κ1) is 20.5. The number of aliphatic hydroxyl groups is 1. The lowest BCUT2D eigenvalue weighted by molar-refractivity contribution is -0.122. The van der Waals surface area contributed by atoms with E-state index in [-0.39, 0.29) is 24.4 Å². The quantitative estimate of drug-likeness (QED) is 0.683. The second-order valence-electron chi connectivity index (χ2n) is 6.99. The molecule has 2 N–H and O–H groups in total. The second-order valence-corrected chi connectivity index (χ2v) is 6.99. The molecule has 0 bridgehead atoms. The van der Waals surface area contributed by atoms with Crippen LogP contribution in [0.4, 0.5) is 10.1 Å². The number of aliphatic hydroxyl groups excluding tert-OH is 1.